The molecule has 5 heteroatoms. The Kier molecular flexibility index (Phi) is 3.30. The monoisotopic (exact) mass is 255 g/mol. The van der Waals surface area contributed by atoms with E-state index in [0.29, 0.717) is 31.5 Å². The fourth-order valence-corrected chi connectivity index (χ4v) is 2.79. The molecule has 3 rings (SSSR count). The first-order valence-corrected chi connectivity index (χ1v) is 6.83. The van der Waals surface area contributed by atoms with Gasteiger partial charge in [0.2, 0.25) is 5.91 Å². The van der Waals surface area contributed by atoms with Gasteiger partial charge in [-0.3, -0.25) is 4.79 Å². The summed E-state index contributed by atoms with van der Waals surface area (Å²) in [6.07, 6.45) is 3.24. The first-order chi connectivity index (χ1) is 8.67. The van der Waals surface area contributed by atoms with Gasteiger partial charge in [0.1, 0.15) is 12.2 Å². The lowest BCUT2D eigenvalue weighted by Gasteiger charge is -2.46. The molecule has 0 radical (unpaired) electrons. The van der Waals surface area contributed by atoms with Gasteiger partial charge >= 0.3 is 0 Å². The first-order valence-electron chi connectivity index (χ1n) is 6.83. The number of hydrogen-bond acceptors (Lipinski definition) is 4. The molecule has 1 aliphatic carbocycles. The van der Waals surface area contributed by atoms with Crippen LogP contribution in [0.2, 0.25) is 0 Å². The van der Waals surface area contributed by atoms with E-state index in [1.807, 2.05) is 0 Å². The summed E-state index contributed by atoms with van der Waals surface area (Å²) in [7, 11) is 0. The molecule has 0 bridgehead atoms. The van der Waals surface area contributed by atoms with Crippen molar-refractivity contribution in [3.05, 3.63) is 0 Å². The van der Waals surface area contributed by atoms with Gasteiger partial charge in [0.05, 0.1) is 26.3 Å². The molecule has 2 heterocycles. The third-order valence-corrected chi connectivity index (χ3v) is 4.22. The number of aliphatic hydroxyl groups is 1. The van der Waals surface area contributed by atoms with Crippen LogP contribution in [0.4, 0.5) is 0 Å². The highest BCUT2D eigenvalue weighted by atomic mass is 16.5. The summed E-state index contributed by atoms with van der Waals surface area (Å²) in [4.78, 5) is 13.5. The highest BCUT2D eigenvalue weighted by Crippen LogP contribution is 2.44. The minimum absolute atomic E-state index is 0.000703. The van der Waals surface area contributed by atoms with E-state index < -0.39 is 5.60 Å². The molecule has 2 aliphatic heterocycles. The molecular weight excluding hydrogens is 234 g/mol. The Bertz CT molecular complexity index is 317. The second kappa shape index (κ2) is 4.79. The number of nitrogens with zero attached hydrogens (tertiary/aromatic N) is 1. The maximum Gasteiger partial charge on any atom is 0.248 e. The van der Waals surface area contributed by atoms with Crippen molar-refractivity contribution < 1.29 is 19.4 Å². The normalized spacial score (nSPS) is 30.3. The zero-order chi connectivity index (χ0) is 12.6. The van der Waals surface area contributed by atoms with Crippen LogP contribution in [-0.2, 0) is 14.3 Å². The molecule has 3 aliphatic rings. The summed E-state index contributed by atoms with van der Waals surface area (Å²) in [6.45, 7) is 3.28. The first kappa shape index (κ1) is 12.4. The van der Waals surface area contributed by atoms with E-state index in [2.05, 4.69) is 0 Å². The van der Waals surface area contributed by atoms with E-state index >= 15 is 0 Å². The van der Waals surface area contributed by atoms with Crippen LogP contribution < -0.4 is 0 Å². The van der Waals surface area contributed by atoms with Gasteiger partial charge in [0, 0.05) is 12.5 Å². The minimum Gasteiger partial charge on any atom is -0.386 e. The molecule has 0 spiro atoms. The number of β-amino-alcohol motifs (C(OH)–C–C–N with tert-alkyl or cyclic N) is 1. The Labute approximate surface area is 107 Å². The molecule has 0 aromatic heterocycles. The zero-order valence-corrected chi connectivity index (χ0v) is 10.6. The molecule has 2 saturated heterocycles. The molecule has 1 saturated carbocycles. The quantitative estimate of drug-likeness (QED) is 0.752. The summed E-state index contributed by atoms with van der Waals surface area (Å²) >= 11 is 0. The van der Waals surface area contributed by atoms with Gasteiger partial charge < -0.3 is 19.5 Å². The predicted molar refractivity (Wildman–Crippen MR) is 64.0 cm³/mol. The van der Waals surface area contributed by atoms with Crippen molar-refractivity contribution in [1.29, 1.82) is 0 Å². The number of carbonyl (C=O) groups excluding carboxylic acids is 1. The van der Waals surface area contributed by atoms with E-state index in [4.69, 9.17) is 9.47 Å². The number of carbonyl (C=O) groups is 1. The number of amides is 1. The number of likely N-dealkylation sites (tertiary alicyclic amines) is 1. The number of ether oxygens (including phenoxy) is 2. The van der Waals surface area contributed by atoms with Crippen LogP contribution in [0.1, 0.15) is 19.3 Å². The Hall–Kier alpha value is -0.650. The van der Waals surface area contributed by atoms with Crippen molar-refractivity contribution in [2.45, 2.75) is 24.9 Å². The van der Waals surface area contributed by atoms with Gasteiger partial charge in [-0.05, 0) is 25.2 Å². The van der Waals surface area contributed by atoms with Crippen LogP contribution in [0.3, 0.4) is 0 Å². The lowest BCUT2D eigenvalue weighted by molar-refractivity contribution is -0.163. The summed E-state index contributed by atoms with van der Waals surface area (Å²) in [5.74, 6) is 0.870. The lowest BCUT2D eigenvalue weighted by atomic mass is 9.89. The second-order valence-electron chi connectivity index (χ2n) is 5.87. The molecule has 5 nitrogen and oxygen atoms in total. The van der Waals surface area contributed by atoms with Crippen molar-refractivity contribution in [2.24, 2.45) is 11.8 Å². The minimum atomic E-state index is -0.588. The molecule has 1 N–H and O–H groups in total. The maximum absolute atomic E-state index is 11.8. The van der Waals surface area contributed by atoms with Crippen LogP contribution in [-0.4, -0.2) is 61.0 Å². The van der Waals surface area contributed by atoms with Gasteiger partial charge in [0.25, 0.3) is 0 Å². The standard InChI is InChI=1S/C13H21NO4/c15-12(7-18-6-10-3-4-17-5-10)14-8-13(16,9-14)11-1-2-11/h10-11,16H,1-9H2. The van der Waals surface area contributed by atoms with Crippen LogP contribution in [0, 0.1) is 11.8 Å². The van der Waals surface area contributed by atoms with Crippen molar-refractivity contribution in [3.63, 3.8) is 0 Å². The largest absolute Gasteiger partial charge is 0.386 e. The van der Waals surface area contributed by atoms with Gasteiger partial charge in [-0.25, -0.2) is 0 Å². The van der Waals surface area contributed by atoms with Gasteiger partial charge in [-0.1, -0.05) is 0 Å². The maximum atomic E-state index is 11.8. The van der Waals surface area contributed by atoms with E-state index in [-0.39, 0.29) is 12.5 Å². The lowest BCUT2D eigenvalue weighted by Crippen LogP contribution is -2.65. The molecule has 1 unspecified atom stereocenters. The third kappa shape index (κ3) is 2.53. The van der Waals surface area contributed by atoms with E-state index in [9.17, 15) is 9.90 Å². The average Bonchev–Trinajstić information content (AvgIpc) is 3.04. The van der Waals surface area contributed by atoms with Crippen LogP contribution in [0.5, 0.6) is 0 Å². The highest BCUT2D eigenvalue weighted by Gasteiger charge is 2.53. The molecule has 18 heavy (non-hydrogen) atoms. The highest BCUT2D eigenvalue weighted by molar-refractivity contribution is 5.78. The van der Waals surface area contributed by atoms with E-state index in [1.54, 1.807) is 4.90 Å². The average molecular weight is 255 g/mol. The fourth-order valence-electron chi connectivity index (χ4n) is 2.79. The zero-order valence-electron chi connectivity index (χ0n) is 10.6. The number of hydrogen-bond donors (Lipinski definition) is 1. The molecule has 0 aromatic rings. The topological polar surface area (TPSA) is 59.0 Å². The second-order valence-corrected chi connectivity index (χ2v) is 5.87. The van der Waals surface area contributed by atoms with Crippen molar-refractivity contribution in [3.8, 4) is 0 Å². The van der Waals surface area contributed by atoms with E-state index in [1.165, 1.54) is 0 Å². The summed E-state index contributed by atoms with van der Waals surface area (Å²) < 4.78 is 10.7. The van der Waals surface area contributed by atoms with Crippen LogP contribution in [0.15, 0.2) is 0 Å². The number of rotatable bonds is 5. The molecule has 1 amide bonds. The molecule has 3 fully saturated rings. The Morgan fingerprint density at radius 3 is 2.78 bits per heavy atom. The third-order valence-electron chi connectivity index (χ3n) is 4.22. The smallest absolute Gasteiger partial charge is 0.248 e. The van der Waals surface area contributed by atoms with Crippen LogP contribution >= 0.6 is 0 Å². The van der Waals surface area contributed by atoms with Gasteiger partial charge in [-0.2, -0.15) is 0 Å². The van der Waals surface area contributed by atoms with Crippen LogP contribution in [0.25, 0.3) is 0 Å². The van der Waals surface area contributed by atoms with Gasteiger partial charge in [0.15, 0.2) is 0 Å². The SMILES string of the molecule is O=C(COCC1CCOC1)N1CC(O)(C2CC2)C1. The molecular formula is C13H21NO4. The fraction of sp³-hybridized carbons (Fsp3) is 0.923. The van der Waals surface area contributed by atoms with Crippen molar-refractivity contribution >= 4 is 5.91 Å². The Balaban J connectivity index is 1.33. The summed E-state index contributed by atoms with van der Waals surface area (Å²) in [6, 6.07) is 0. The molecule has 0 aromatic carbocycles. The summed E-state index contributed by atoms with van der Waals surface area (Å²) in [5.41, 5.74) is -0.588. The Morgan fingerprint density at radius 2 is 2.17 bits per heavy atom. The van der Waals surface area contributed by atoms with E-state index in [0.717, 1.165) is 32.5 Å². The molecule has 1 atom stereocenters. The Morgan fingerprint density at radius 1 is 1.39 bits per heavy atom. The van der Waals surface area contributed by atoms with Crippen molar-refractivity contribution in [1.82, 2.24) is 4.90 Å². The molecule has 102 valence electrons. The van der Waals surface area contributed by atoms with Gasteiger partial charge in [-0.15, -0.1) is 0 Å². The predicted octanol–water partition coefficient (Wildman–Crippen LogP) is 0.0228. The van der Waals surface area contributed by atoms with Crippen molar-refractivity contribution in [2.75, 3.05) is 39.5 Å². The summed E-state index contributed by atoms with van der Waals surface area (Å²) in [5, 5.41) is 10.1.